The van der Waals surface area contributed by atoms with Crippen LogP contribution in [0.4, 0.5) is 0 Å². The number of carbonyl (C=O) groups excluding carboxylic acids is 1. The van der Waals surface area contributed by atoms with E-state index in [-0.39, 0.29) is 12.0 Å². The van der Waals surface area contributed by atoms with Crippen LogP contribution in [0.5, 0.6) is 5.88 Å². The maximum atomic E-state index is 12.5. The Morgan fingerprint density at radius 2 is 2.45 bits per heavy atom. The Labute approximate surface area is 120 Å². The van der Waals surface area contributed by atoms with Crippen LogP contribution in [-0.4, -0.2) is 47.6 Å². The van der Waals surface area contributed by atoms with Gasteiger partial charge in [0.15, 0.2) is 0 Å². The lowest BCUT2D eigenvalue weighted by atomic mass is 10.2. The van der Waals surface area contributed by atoms with E-state index >= 15 is 0 Å². The molecule has 1 aliphatic heterocycles. The predicted molar refractivity (Wildman–Crippen MR) is 78.0 cm³/mol. The lowest BCUT2D eigenvalue weighted by Crippen LogP contribution is -2.51. The summed E-state index contributed by atoms with van der Waals surface area (Å²) in [5.74, 6) is 0.572. The zero-order valence-electron chi connectivity index (χ0n) is 12.4. The number of pyridine rings is 1. The first-order valence-corrected chi connectivity index (χ1v) is 7.25. The van der Waals surface area contributed by atoms with Crippen molar-refractivity contribution in [3.8, 4) is 5.88 Å². The lowest BCUT2D eigenvalue weighted by molar-refractivity contribution is 0.0708. The summed E-state index contributed by atoms with van der Waals surface area (Å²) < 4.78 is 5.67. The topological polar surface area (TPSA) is 54.5 Å². The Morgan fingerprint density at radius 3 is 3.15 bits per heavy atom. The molecule has 1 saturated heterocycles. The molecule has 0 radical (unpaired) electrons. The minimum absolute atomic E-state index is 0.0507. The number of hydrogen-bond donors (Lipinski definition) is 1. The molecule has 1 aliphatic rings. The highest BCUT2D eigenvalue weighted by molar-refractivity contribution is 5.94. The van der Waals surface area contributed by atoms with Crippen molar-refractivity contribution in [3.63, 3.8) is 0 Å². The monoisotopic (exact) mass is 277 g/mol. The van der Waals surface area contributed by atoms with Gasteiger partial charge >= 0.3 is 0 Å². The Morgan fingerprint density at radius 1 is 1.65 bits per heavy atom. The number of carbonyl (C=O) groups is 1. The van der Waals surface area contributed by atoms with Crippen molar-refractivity contribution in [1.82, 2.24) is 15.2 Å². The number of hydrogen-bond acceptors (Lipinski definition) is 4. The average molecular weight is 277 g/mol. The van der Waals surface area contributed by atoms with Gasteiger partial charge < -0.3 is 15.0 Å². The molecular weight excluding hydrogens is 254 g/mol. The van der Waals surface area contributed by atoms with Crippen LogP contribution >= 0.6 is 0 Å². The van der Waals surface area contributed by atoms with Gasteiger partial charge in [0.1, 0.15) is 0 Å². The van der Waals surface area contributed by atoms with Crippen molar-refractivity contribution in [2.75, 3.05) is 19.6 Å². The van der Waals surface area contributed by atoms with Crippen molar-refractivity contribution in [1.29, 1.82) is 0 Å². The van der Waals surface area contributed by atoms with E-state index in [4.69, 9.17) is 4.74 Å². The molecular formula is C15H23N3O2. The van der Waals surface area contributed by atoms with E-state index in [1.54, 1.807) is 18.3 Å². The maximum absolute atomic E-state index is 12.5. The fourth-order valence-corrected chi connectivity index (χ4v) is 2.20. The van der Waals surface area contributed by atoms with E-state index in [9.17, 15) is 4.79 Å². The summed E-state index contributed by atoms with van der Waals surface area (Å²) >= 11 is 0. The molecule has 2 rings (SSSR count). The van der Waals surface area contributed by atoms with Crippen LogP contribution in [0.3, 0.4) is 0 Å². The van der Waals surface area contributed by atoms with E-state index in [2.05, 4.69) is 24.1 Å². The van der Waals surface area contributed by atoms with Crippen LogP contribution < -0.4 is 10.1 Å². The number of piperazine rings is 1. The second kappa shape index (κ2) is 6.70. The second-order valence-corrected chi connectivity index (χ2v) is 5.33. The molecule has 20 heavy (non-hydrogen) atoms. The first kappa shape index (κ1) is 14.8. The van der Waals surface area contributed by atoms with Crippen LogP contribution in [0.15, 0.2) is 18.3 Å². The van der Waals surface area contributed by atoms with Crippen LogP contribution in [-0.2, 0) is 0 Å². The summed E-state index contributed by atoms with van der Waals surface area (Å²) in [6.45, 7) is 8.46. The third-order valence-electron chi connectivity index (χ3n) is 3.53. The molecule has 1 aromatic heterocycles. The van der Waals surface area contributed by atoms with Gasteiger partial charge in [0.2, 0.25) is 5.88 Å². The molecule has 1 N–H and O–H groups in total. The Bertz CT molecular complexity index is 464. The molecule has 0 aromatic carbocycles. The third-order valence-corrected chi connectivity index (χ3v) is 3.53. The molecule has 1 fully saturated rings. The van der Waals surface area contributed by atoms with E-state index in [0.717, 1.165) is 26.1 Å². The van der Waals surface area contributed by atoms with Crippen LogP contribution in [0.25, 0.3) is 0 Å². The zero-order chi connectivity index (χ0) is 14.5. The van der Waals surface area contributed by atoms with Crippen molar-refractivity contribution < 1.29 is 9.53 Å². The molecule has 1 amide bonds. The molecule has 1 aromatic rings. The summed E-state index contributed by atoms with van der Waals surface area (Å²) in [4.78, 5) is 18.5. The van der Waals surface area contributed by atoms with E-state index in [0.29, 0.717) is 17.5 Å². The largest absolute Gasteiger partial charge is 0.475 e. The summed E-state index contributed by atoms with van der Waals surface area (Å²) in [5.41, 5.74) is 0.646. The Balaban J connectivity index is 2.07. The zero-order valence-corrected chi connectivity index (χ0v) is 12.4. The van der Waals surface area contributed by atoms with E-state index < -0.39 is 0 Å². The third kappa shape index (κ3) is 3.70. The fraction of sp³-hybridized carbons (Fsp3) is 0.600. The molecule has 5 nitrogen and oxygen atoms in total. The molecule has 1 unspecified atom stereocenters. The number of ether oxygens (including phenoxy) is 1. The van der Waals surface area contributed by atoms with Gasteiger partial charge in [-0.2, -0.15) is 0 Å². The normalized spacial score (nSPS) is 20.6. The fourth-order valence-electron chi connectivity index (χ4n) is 2.20. The summed E-state index contributed by atoms with van der Waals surface area (Å²) in [6.07, 6.45) is 2.65. The Kier molecular flexibility index (Phi) is 4.95. The van der Waals surface area contributed by atoms with Gasteiger partial charge in [-0.25, -0.2) is 4.98 Å². The van der Waals surface area contributed by atoms with Gasteiger partial charge in [-0.3, -0.25) is 4.79 Å². The van der Waals surface area contributed by atoms with Crippen molar-refractivity contribution in [2.45, 2.75) is 39.3 Å². The molecule has 110 valence electrons. The van der Waals surface area contributed by atoms with Gasteiger partial charge in [-0.15, -0.1) is 0 Å². The molecule has 0 spiro atoms. The maximum Gasteiger partial charge on any atom is 0.254 e. The highest BCUT2D eigenvalue weighted by Crippen LogP contribution is 2.15. The molecule has 2 heterocycles. The quantitative estimate of drug-likeness (QED) is 0.910. The van der Waals surface area contributed by atoms with Crippen LogP contribution in [0.1, 0.15) is 37.6 Å². The number of aromatic nitrogens is 1. The SMILES string of the molecule is CCC(C)Oc1cc(C(=O)N2CCN[C@H](C)C2)ccn1. The summed E-state index contributed by atoms with van der Waals surface area (Å²) in [5, 5.41) is 3.33. The number of amides is 1. The number of rotatable bonds is 4. The first-order valence-electron chi connectivity index (χ1n) is 7.25. The van der Waals surface area contributed by atoms with Crippen molar-refractivity contribution in [3.05, 3.63) is 23.9 Å². The van der Waals surface area contributed by atoms with Gasteiger partial charge in [0, 0.05) is 43.5 Å². The van der Waals surface area contributed by atoms with Gasteiger partial charge in [0.25, 0.3) is 5.91 Å². The van der Waals surface area contributed by atoms with Crippen LogP contribution in [0.2, 0.25) is 0 Å². The molecule has 0 saturated carbocycles. The smallest absolute Gasteiger partial charge is 0.254 e. The molecule has 0 aliphatic carbocycles. The van der Waals surface area contributed by atoms with E-state index in [1.807, 2.05) is 11.8 Å². The predicted octanol–water partition coefficient (Wildman–Crippen LogP) is 1.69. The van der Waals surface area contributed by atoms with Gasteiger partial charge in [-0.05, 0) is 26.3 Å². The molecule has 2 atom stereocenters. The lowest BCUT2D eigenvalue weighted by Gasteiger charge is -2.32. The minimum atomic E-state index is 0.0507. The summed E-state index contributed by atoms with van der Waals surface area (Å²) in [6, 6.07) is 3.82. The van der Waals surface area contributed by atoms with Crippen molar-refractivity contribution in [2.24, 2.45) is 0 Å². The number of nitrogens with one attached hydrogen (secondary N) is 1. The molecule has 5 heteroatoms. The highest BCUT2D eigenvalue weighted by atomic mass is 16.5. The highest BCUT2D eigenvalue weighted by Gasteiger charge is 2.22. The first-order chi connectivity index (χ1) is 9.60. The van der Waals surface area contributed by atoms with Crippen molar-refractivity contribution >= 4 is 5.91 Å². The van der Waals surface area contributed by atoms with Gasteiger partial charge in [-0.1, -0.05) is 6.92 Å². The standard InChI is InChI=1S/C15H23N3O2/c1-4-12(3)20-14-9-13(5-6-17-14)15(19)18-8-7-16-11(2)10-18/h5-6,9,11-12,16H,4,7-8,10H2,1-3H3/t11-,12?/m1/s1. The minimum Gasteiger partial charge on any atom is -0.475 e. The Hall–Kier alpha value is -1.62. The van der Waals surface area contributed by atoms with E-state index in [1.165, 1.54) is 0 Å². The average Bonchev–Trinajstić information content (AvgIpc) is 2.46. The van der Waals surface area contributed by atoms with Gasteiger partial charge in [0.05, 0.1) is 6.10 Å². The second-order valence-electron chi connectivity index (χ2n) is 5.33. The van der Waals surface area contributed by atoms with Crippen LogP contribution in [0, 0.1) is 0 Å². The number of nitrogens with zero attached hydrogens (tertiary/aromatic N) is 2. The molecule has 0 bridgehead atoms. The summed E-state index contributed by atoms with van der Waals surface area (Å²) in [7, 11) is 0.